The fourth-order valence-corrected chi connectivity index (χ4v) is 7.78. The van der Waals surface area contributed by atoms with Gasteiger partial charge in [0.2, 0.25) is 0 Å². The minimum atomic E-state index is -1.23. The summed E-state index contributed by atoms with van der Waals surface area (Å²) in [5, 5.41) is 12.4. The van der Waals surface area contributed by atoms with Crippen LogP contribution in [0.4, 0.5) is 0 Å². The molecule has 0 amide bonds. The Morgan fingerprint density at radius 1 is 0.837 bits per heavy atom. The van der Waals surface area contributed by atoms with Crippen molar-refractivity contribution in [2.75, 3.05) is 0 Å². The Morgan fingerprint density at radius 2 is 1.61 bits per heavy atom. The number of rotatable bonds is 6. The van der Waals surface area contributed by atoms with Crippen molar-refractivity contribution >= 4 is 50.7 Å². The smallest absolute Gasteiger partial charge is 0.305 e. The second-order valence-corrected chi connectivity index (χ2v) is 18.8. The summed E-state index contributed by atoms with van der Waals surface area (Å²) in [6.07, 6.45) is 3.73. The number of hydrogen-bond donors (Lipinski definition) is 1. The first kappa shape index (κ1) is 34.6. The maximum Gasteiger partial charge on any atom is 0.374 e. The van der Waals surface area contributed by atoms with E-state index >= 15 is 0 Å². The van der Waals surface area contributed by atoms with E-state index in [-0.39, 0.29) is 20.1 Å². The molecule has 0 bridgehead atoms. The number of carbonyl (C=O) groups excluding carboxylic acids is 1. The first-order valence-corrected chi connectivity index (χ1v) is 20.0. The average Bonchev–Trinajstić information content (AvgIpc) is 3.50. The third-order valence-electron chi connectivity index (χ3n) is 8.15. The molecule has 1 N–H and O–H groups in total. The monoisotopic (exact) mass is 858 g/mol. The molecule has 0 spiro atoms. The molecule has 3 heterocycles. The molecule has 0 saturated heterocycles. The number of thiophene rings is 1. The number of hydrogen-bond acceptors (Lipinski definition) is 6. The van der Waals surface area contributed by atoms with Crippen LogP contribution < -0.4 is 5.19 Å². The van der Waals surface area contributed by atoms with Gasteiger partial charge in [0.1, 0.15) is 0 Å². The summed E-state index contributed by atoms with van der Waals surface area (Å²) in [7, 11) is -1.23. The summed E-state index contributed by atoms with van der Waals surface area (Å²) in [5.74, 6) is -1.56. The maximum atomic E-state index is 12.5. The van der Waals surface area contributed by atoms with Crippen molar-refractivity contribution in [3.63, 3.8) is 0 Å². The molecule has 3 aromatic heterocycles. The summed E-state index contributed by atoms with van der Waals surface area (Å²) in [6, 6.07) is 39.9. The van der Waals surface area contributed by atoms with Crippen LogP contribution in [-0.2, 0) is 25.0 Å². The summed E-state index contributed by atoms with van der Waals surface area (Å²) in [6.45, 7) is 10.7. The van der Waals surface area contributed by atoms with Gasteiger partial charge in [0.05, 0.1) is 13.6 Å². The van der Waals surface area contributed by atoms with Crippen molar-refractivity contribution in [1.29, 1.82) is 0 Å². The van der Waals surface area contributed by atoms with Gasteiger partial charge in [0.15, 0.2) is 0 Å². The van der Waals surface area contributed by atoms with E-state index in [1.165, 1.54) is 16.5 Å². The van der Waals surface area contributed by atoms with Crippen molar-refractivity contribution in [1.82, 2.24) is 9.97 Å². The second kappa shape index (κ2) is 15.5. The van der Waals surface area contributed by atoms with Crippen molar-refractivity contribution in [2.24, 2.45) is 0 Å². The molecule has 8 heteroatoms. The van der Waals surface area contributed by atoms with E-state index in [0.29, 0.717) is 5.56 Å². The van der Waals surface area contributed by atoms with Crippen LogP contribution in [0, 0.1) is 12.1 Å². The van der Waals surface area contributed by atoms with Gasteiger partial charge in [-0.15, -0.1) is 59.7 Å². The van der Waals surface area contributed by atoms with Gasteiger partial charge in [0.25, 0.3) is 0 Å². The minimum Gasteiger partial charge on any atom is -0.305 e. The molecule has 5 nitrogen and oxygen atoms in total. The summed E-state index contributed by atoms with van der Waals surface area (Å²) >= 11 is 1.44. The number of fused-ring (bicyclic) bond motifs is 3. The molecule has 4 aromatic carbocycles. The standard InChI is InChI=1S/C27H20NO3S.C14H16NSi.Ir/c1-16(2)18-11-12-28-24(15-18)21-10-6-9-20-22-13-19(17-7-4-3-5-8-17)14-23(27(29)31-30)26(22)32-25(20)21;1-16(2,3)13-9-10-14(15-11-13)12-7-5-4-6-8-12;/h3-9,11-16,30H,1-2H3;4-7,9-11H,1-3H3;/q2*-1;/i16D;;. The van der Waals surface area contributed by atoms with Crippen LogP contribution >= 0.6 is 11.3 Å². The van der Waals surface area contributed by atoms with Gasteiger partial charge in [-0.05, 0) is 61.9 Å². The molecule has 7 rings (SSSR count). The number of pyridine rings is 2. The normalized spacial score (nSPS) is 11.7. The van der Waals surface area contributed by atoms with Crippen LogP contribution in [0.15, 0.2) is 116 Å². The Kier molecular flexibility index (Phi) is 10.9. The van der Waals surface area contributed by atoms with Gasteiger partial charge < -0.3 is 9.97 Å². The second-order valence-electron chi connectivity index (χ2n) is 12.7. The van der Waals surface area contributed by atoms with E-state index in [0.717, 1.165) is 59.4 Å². The van der Waals surface area contributed by atoms with Crippen molar-refractivity contribution in [2.45, 2.75) is 39.4 Å². The summed E-state index contributed by atoms with van der Waals surface area (Å²) in [5.41, 5.74) is 6.57. The van der Waals surface area contributed by atoms with Gasteiger partial charge in [0, 0.05) is 38.6 Å². The van der Waals surface area contributed by atoms with Gasteiger partial charge >= 0.3 is 5.97 Å². The zero-order valence-electron chi connectivity index (χ0n) is 28.9. The molecular formula is C41H36IrN2O3SSi-2. The first-order valence-electron chi connectivity index (χ1n) is 16.2. The van der Waals surface area contributed by atoms with E-state index in [2.05, 4.69) is 64.8 Å². The van der Waals surface area contributed by atoms with Gasteiger partial charge in [-0.2, -0.15) is 16.6 Å². The molecule has 0 aliphatic carbocycles. The van der Waals surface area contributed by atoms with Crippen molar-refractivity contribution in [3.8, 4) is 33.6 Å². The topological polar surface area (TPSA) is 72.3 Å². The molecule has 0 saturated carbocycles. The van der Waals surface area contributed by atoms with Crippen LogP contribution in [0.3, 0.4) is 0 Å². The third kappa shape index (κ3) is 7.96. The van der Waals surface area contributed by atoms with Gasteiger partial charge in [-0.3, -0.25) is 4.89 Å². The van der Waals surface area contributed by atoms with Crippen LogP contribution in [0.1, 0.15) is 37.0 Å². The van der Waals surface area contributed by atoms with E-state index in [4.69, 9.17) is 6.63 Å². The maximum absolute atomic E-state index is 12.5. The molecular weight excluding hydrogens is 821 g/mol. The molecule has 49 heavy (non-hydrogen) atoms. The first-order chi connectivity index (χ1) is 23.4. The van der Waals surface area contributed by atoms with Crippen LogP contribution in [0.2, 0.25) is 19.6 Å². The molecule has 0 aliphatic rings. The molecule has 0 atom stereocenters. The van der Waals surface area contributed by atoms with Crippen LogP contribution in [-0.4, -0.2) is 29.3 Å². The fraction of sp³-hybridized carbons (Fsp3) is 0.146. The van der Waals surface area contributed by atoms with E-state index in [1.54, 1.807) is 12.3 Å². The fourth-order valence-electron chi connectivity index (χ4n) is 5.46. The zero-order chi connectivity index (χ0) is 34.8. The van der Waals surface area contributed by atoms with Gasteiger partial charge in [-0.1, -0.05) is 93.0 Å². The molecule has 7 aromatic rings. The Bertz CT molecular complexity index is 2250. The van der Waals surface area contributed by atoms with E-state index in [1.807, 2.05) is 98.9 Å². The number of nitrogens with zero attached hydrogens (tertiary/aromatic N) is 2. The number of benzene rings is 4. The largest absolute Gasteiger partial charge is 0.374 e. The minimum absolute atomic E-state index is 0. The molecule has 0 aliphatic heterocycles. The van der Waals surface area contributed by atoms with E-state index in [9.17, 15) is 4.79 Å². The average molecular weight is 858 g/mol. The van der Waals surface area contributed by atoms with Crippen molar-refractivity contribution < 1.29 is 36.4 Å². The predicted octanol–water partition coefficient (Wildman–Crippen LogP) is 10.4. The number of aromatic nitrogens is 2. The molecule has 249 valence electrons. The summed E-state index contributed by atoms with van der Waals surface area (Å²) < 4.78 is 10.0. The zero-order valence-corrected chi connectivity index (χ0v) is 32.1. The summed E-state index contributed by atoms with van der Waals surface area (Å²) in [4.78, 5) is 25.7. The molecule has 0 unspecified atom stereocenters. The van der Waals surface area contributed by atoms with Crippen LogP contribution in [0.5, 0.6) is 0 Å². The molecule has 0 fully saturated rings. The quantitative estimate of drug-likeness (QED) is 0.0781. The Labute approximate surface area is 307 Å². The number of carbonyl (C=O) groups is 1. The SMILES string of the molecule is C[Si](C)(C)c1ccc(-c2[c-]cccc2)nc1.[2H]C(C)(C)c1ccnc(-c2[c-]ccc3c2sc2c(C(=O)OO)cc(-c4ccccc4)cc23)c1.[Ir]. The van der Waals surface area contributed by atoms with Crippen LogP contribution in [0.25, 0.3) is 53.8 Å². The van der Waals surface area contributed by atoms with Crippen molar-refractivity contribution in [3.05, 3.63) is 139 Å². The van der Waals surface area contributed by atoms with Gasteiger partial charge in [-0.25, -0.2) is 4.79 Å². The Morgan fingerprint density at radius 3 is 2.27 bits per heavy atom. The third-order valence-corrected chi connectivity index (χ3v) is 11.5. The van der Waals surface area contributed by atoms with E-state index < -0.39 is 19.9 Å². The Hall–Kier alpha value is -4.30. The predicted molar refractivity (Wildman–Crippen MR) is 200 cm³/mol. The Balaban J connectivity index is 0.000000241. The molecule has 1 radical (unpaired) electrons.